The third-order valence-electron chi connectivity index (χ3n) is 3.39. The maximum absolute atomic E-state index is 12.4. The lowest BCUT2D eigenvalue weighted by Gasteiger charge is -2.21. The van der Waals surface area contributed by atoms with Crippen LogP contribution >= 0.6 is 0 Å². The second-order valence-corrected chi connectivity index (χ2v) is 6.19. The van der Waals surface area contributed by atoms with E-state index in [9.17, 15) is 9.90 Å². The second kappa shape index (κ2) is 8.74. The van der Waals surface area contributed by atoms with Gasteiger partial charge in [-0.05, 0) is 38.8 Å². The van der Waals surface area contributed by atoms with Crippen molar-refractivity contribution in [2.24, 2.45) is 0 Å². The molecule has 0 radical (unpaired) electrons. The molecular weight excluding hydrogens is 276 g/mol. The summed E-state index contributed by atoms with van der Waals surface area (Å²) in [5, 5.41) is 10.6. The van der Waals surface area contributed by atoms with Crippen LogP contribution in [0.1, 0.15) is 58.9 Å². The van der Waals surface area contributed by atoms with Gasteiger partial charge in [-0.15, -0.1) is 0 Å². The van der Waals surface area contributed by atoms with E-state index in [0.717, 1.165) is 24.8 Å². The molecule has 0 bridgehead atoms. The van der Waals surface area contributed by atoms with E-state index in [4.69, 9.17) is 4.74 Å². The van der Waals surface area contributed by atoms with Gasteiger partial charge in [0.1, 0.15) is 0 Å². The summed E-state index contributed by atoms with van der Waals surface area (Å²) in [6, 6.07) is 9.36. The Morgan fingerprint density at radius 2 is 1.91 bits per heavy atom. The standard InChI is InChI=1S/C19H28O3/c1-5-6-10-13-19(4,21)14-17(18(20)22-15(2)3)16-11-8-7-9-12-16/h7-9,11-12,14-15,21H,5-6,10,13H2,1-4H3/b17-14+. The highest BCUT2D eigenvalue weighted by Gasteiger charge is 2.23. The molecule has 1 atom stereocenters. The summed E-state index contributed by atoms with van der Waals surface area (Å²) in [5.74, 6) is -0.392. The third kappa shape index (κ3) is 6.44. The highest BCUT2D eigenvalue weighted by atomic mass is 16.5. The fourth-order valence-corrected chi connectivity index (χ4v) is 2.27. The van der Waals surface area contributed by atoms with Gasteiger partial charge in [0, 0.05) is 0 Å². The summed E-state index contributed by atoms with van der Waals surface area (Å²) in [7, 11) is 0. The van der Waals surface area contributed by atoms with Crippen molar-refractivity contribution in [3.63, 3.8) is 0 Å². The average molecular weight is 304 g/mol. The molecule has 1 aromatic carbocycles. The van der Waals surface area contributed by atoms with Crippen LogP contribution in [0, 0.1) is 0 Å². The average Bonchev–Trinajstić information content (AvgIpc) is 2.45. The van der Waals surface area contributed by atoms with Gasteiger partial charge >= 0.3 is 5.97 Å². The number of hydrogen-bond donors (Lipinski definition) is 1. The molecule has 0 spiro atoms. The highest BCUT2D eigenvalue weighted by Crippen LogP contribution is 2.24. The van der Waals surface area contributed by atoms with Crippen molar-refractivity contribution in [2.45, 2.75) is 65.1 Å². The van der Waals surface area contributed by atoms with Crippen LogP contribution in [0.25, 0.3) is 5.57 Å². The lowest BCUT2D eigenvalue weighted by molar-refractivity contribution is -0.140. The van der Waals surface area contributed by atoms with E-state index >= 15 is 0 Å². The fourth-order valence-electron chi connectivity index (χ4n) is 2.27. The predicted molar refractivity (Wildman–Crippen MR) is 90.4 cm³/mol. The number of unbranched alkanes of at least 4 members (excludes halogenated alkanes) is 2. The number of carbonyl (C=O) groups excluding carboxylic acids is 1. The van der Waals surface area contributed by atoms with Crippen molar-refractivity contribution >= 4 is 11.5 Å². The smallest absolute Gasteiger partial charge is 0.338 e. The molecule has 122 valence electrons. The van der Waals surface area contributed by atoms with E-state index in [0.29, 0.717) is 12.0 Å². The lowest BCUT2D eigenvalue weighted by atomic mass is 9.93. The minimum absolute atomic E-state index is 0.190. The molecule has 1 rings (SSSR count). The van der Waals surface area contributed by atoms with Gasteiger partial charge in [0.2, 0.25) is 0 Å². The SMILES string of the molecule is CCCCCC(C)(O)/C=C(/C(=O)OC(C)C)c1ccccc1. The van der Waals surface area contributed by atoms with Crippen LogP contribution < -0.4 is 0 Å². The van der Waals surface area contributed by atoms with Gasteiger partial charge in [0.15, 0.2) is 0 Å². The van der Waals surface area contributed by atoms with Gasteiger partial charge in [-0.25, -0.2) is 4.79 Å². The molecular formula is C19H28O3. The molecule has 0 heterocycles. The molecule has 0 amide bonds. The molecule has 0 aliphatic heterocycles. The van der Waals surface area contributed by atoms with Crippen molar-refractivity contribution in [3.8, 4) is 0 Å². The molecule has 3 heteroatoms. The summed E-state index contributed by atoms with van der Waals surface area (Å²) in [5.41, 5.74) is 0.177. The Labute approximate surface area is 134 Å². The summed E-state index contributed by atoms with van der Waals surface area (Å²) >= 11 is 0. The van der Waals surface area contributed by atoms with Gasteiger partial charge in [-0.3, -0.25) is 0 Å². The zero-order chi connectivity index (χ0) is 16.6. The van der Waals surface area contributed by atoms with Gasteiger partial charge in [0.25, 0.3) is 0 Å². The topological polar surface area (TPSA) is 46.5 Å². The van der Waals surface area contributed by atoms with Crippen LogP contribution in [0.4, 0.5) is 0 Å². The Morgan fingerprint density at radius 3 is 2.45 bits per heavy atom. The first-order valence-corrected chi connectivity index (χ1v) is 8.07. The molecule has 0 aromatic heterocycles. The minimum Gasteiger partial charge on any atom is -0.459 e. The van der Waals surface area contributed by atoms with E-state index in [1.165, 1.54) is 0 Å². The van der Waals surface area contributed by atoms with E-state index in [1.54, 1.807) is 13.0 Å². The monoisotopic (exact) mass is 304 g/mol. The summed E-state index contributed by atoms with van der Waals surface area (Å²) in [4.78, 5) is 12.4. The maximum atomic E-state index is 12.4. The quantitative estimate of drug-likeness (QED) is 0.441. The van der Waals surface area contributed by atoms with Crippen LogP contribution in [-0.2, 0) is 9.53 Å². The zero-order valence-corrected chi connectivity index (χ0v) is 14.1. The van der Waals surface area contributed by atoms with Crippen LogP contribution in [-0.4, -0.2) is 22.8 Å². The van der Waals surface area contributed by atoms with Crippen molar-refractivity contribution < 1.29 is 14.6 Å². The Balaban J connectivity index is 3.03. The number of benzene rings is 1. The third-order valence-corrected chi connectivity index (χ3v) is 3.39. The molecule has 3 nitrogen and oxygen atoms in total. The molecule has 0 aliphatic rings. The molecule has 0 saturated heterocycles. The first-order valence-electron chi connectivity index (χ1n) is 8.07. The van der Waals surface area contributed by atoms with E-state index in [1.807, 2.05) is 44.2 Å². The van der Waals surface area contributed by atoms with Crippen LogP contribution in [0.15, 0.2) is 36.4 Å². The maximum Gasteiger partial charge on any atom is 0.338 e. The minimum atomic E-state index is -1.02. The first-order chi connectivity index (χ1) is 10.4. The number of ether oxygens (including phenoxy) is 1. The molecule has 1 unspecified atom stereocenters. The number of rotatable bonds is 8. The van der Waals surface area contributed by atoms with Crippen molar-refractivity contribution in [1.29, 1.82) is 0 Å². The molecule has 1 N–H and O–H groups in total. The normalized spacial score (nSPS) is 14.7. The Morgan fingerprint density at radius 1 is 1.27 bits per heavy atom. The van der Waals surface area contributed by atoms with Gasteiger partial charge in [0.05, 0.1) is 17.3 Å². The van der Waals surface area contributed by atoms with E-state index < -0.39 is 11.6 Å². The highest BCUT2D eigenvalue weighted by molar-refractivity contribution is 6.16. The van der Waals surface area contributed by atoms with Gasteiger partial charge < -0.3 is 9.84 Å². The molecule has 0 aliphatic carbocycles. The Kier molecular flexibility index (Phi) is 7.33. The first kappa shape index (κ1) is 18.4. The largest absolute Gasteiger partial charge is 0.459 e. The van der Waals surface area contributed by atoms with Crippen LogP contribution in [0.3, 0.4) is 0 Å². The number of hydrogen-bond acceptors (Lipinski definition) is 3. The number of aliphatic hydroxyl groups is 1. The predicted octanol–water partition coefficient (Wildman–Crippen LogP) is 4.35. The lowest BCUT2D eigenvalue weighted by Crippen LogP contribution is -2.23. The summed E-state index contributed by atoms with van der Waals surface area (Å²) in [6.07, 6.45) is 5.18. The van der Waals surface area contributed by atoms with Gasteiger partial charge in [-0.1, -0.05) is 56.5 Å². The number of carbonyl (C=O) groups is 1. The molecule has 1 aromatic rings. The van der Waals surface area contributed by atoms with Crippen molar-refractivity contribution in [1.82, 2.24) is 0 Å². The molecule has 22 heavy (non-hydrogen) atoms. The zero-order valence-electron chi connectivity index (χ0n) is 14.1. The second-order valence-electron chi connectivity index (χ2n) is 6.19. The van der Waals surface area contributed by atoms with E-state index in [2.05, 4.69) is 6.92 Å². The van der Waals surface area contributed by atoms with Crippen molar-refractivity contribution in [3.05, 3.63) is 42.0 Å². The molecule has 0 fully saturated rings. The summed E-state index contributed by atoms with van der Waals surface area (Å²) < 4.78 is 5.32. The molecule has 0 saturated carbocycles. The van der Waals surface area contributed by atoms with Gasteiger partial charge in [-0.2, -0.15) is 0 Å². The number of esters is 1. The van der Waals surface area contributed by atoms with Crippen LogP contribution in [0.5, 0.6) is 0 Å². The van der Waals surface area contributed by atoms with Crippen LogP contribution in [0.2, 0.25) is 0 Å². The van der Waals surface area contributed by atoms with Crippen molar-refractivity contribution in [2.75, 3.05) is 0 Å². The fraction of sp³-hybridized carbons (Fsp3) is 0.526. The Hall–Kier alpha value is -1.61. The summed E-state index contributed by atoms with van der Waals surface area (Å²) in [6.45, 7) is 7.51. The van der Waals surface area contributed by atoms with E-state index in [-0.39, 0.29) is 6.10 Å². The Bertz CT molecular complexity index is 487.